The molecule has 1 heterocycles. The van der Waals surface area contributed by atoms with E-state index in [9.17, 15) is 31.9 Å². The molecule has 1 aromatic rings. The van der Waals surface area contributed by atoms with Crippen LogP contribution in [-0.2, 0) is 14.4 Å². The number of rotatable bonds is 6. The predicted molar refractivity (Wildman–Crippen MR) is 108 cm³/mol. The largest absolute Gasteiger partial charge is 0.484 e. The van der Waals surface area contributed by atoms with Gasteiger partial charge in [0.1, 0.15) is 11.6 Å². The van der Waals surface area contributed by atoms with Crippen LogP contribution >= 0.6 is 11.6 Å². The van der Waals surface area contributed by atoms with Crippen LogP contribution in [0.1, 0.15) is 25.7 Å². The van der Waals surface area contributed by atoms with E-state index in [1.807, 2.05) is 0 Å². The Labute approximate surface area is 191 Å². The monoisotopic (exact) mass is 494 g/mol. The van der Waals surface area contributed by atoms with Crippen LogP contribution in [0.25, 0.3) is 0 Å². The normalized spacial score (nSPS) is 21.6. The third kappa shape index (κ3) is 6.94. The smallest absolute Gasteiger partial charge is 0.391 e. The van der Waals surface area contributed by atoms with Crippen LogP contribution in [0, 0.1) is 23.6 Å². The number of benzene rings is 1. The highest BCUT2D eigenvalue weighted by atomic mass is 35.5. The molecule has 0 bridgehead atoms. The molecule has 3 amide bonds. The number of ether oxygens (including phenoxy) is 1. The van der Waals surface area contributed by atoms with Gasteiger partial charge in [0, 0.05) is 31.0 Å². The van der Waals surface area contributed by atoms with Gasteiger partial charge in [-0.05, 0) is 37.8 Å². The van der Waals surface area contributed by atoms with Crippen LogP contribution in [0.15, 0.2) is 18.2 Å². The SMILES string of the molecule is O=C(COc1ccc(Cl)c(F)c1)NN1CCC(C(=O)NNC(=O)C2CC(C(F)(F)F)C2)CC1. The van der Waals surface area contributed by atoms with Crippen LogP contribution in [0.5, 0.6) is 5.75 Å². The molecule has 1 aromatic carbocycles. The minimum atomic E-state index is -4.30. The van der Waals surface area contributed by atoms with Crippen molar-refractivity contribution in [3.63, 3.8) is 0 Å². The number of carbonyl (C=O) groups is 3. The lowest BCUT2D eigenvalue weighted by atomic mass is 9.74. The average Bonchev–Trinajstić information content (AvgIpc) is 2.71. The third-order valence-corrected chi connectivity index (χ3v) is 6.00. The second-order valence-electron chi connectivity index (χ2n) is 8.05. The van der Waals surface area contributed by atoms with E-state index in [0.717, 1.165) is 6.07 Å². The van der Waals surface area contributed by atoms with Crippen molar-refractivity contribution in [3.05, 3.63) is 29.0 Å². The molecular weight excluding hydrogens is 472 g/mol. The van der Waals surface area contributed by atoms with E-state index in [2.05, 4.69) is 16.3 Å². The van der Waals surface area contributed by atoms with Crippen LogP contribution in [0.3, 0.4) is 0 Å². The van der Waals surface area contributed by atoms with Crippen molar-refractivity contribution in [2.75, 3.05) is 19.7 Å². The fourth-order valence-corrected chi connectivity index (χ4v) is 3.72. The number of carbonyl (C=O) groups excluding carboxylic acids is 3. The number of hydrazine groups is 2. The van der Waals surface area contributed by atoms with Crippen LogP contribution in [-0.4, -0.2) is 48.6 Å². The second-order valence-corrected chi connectivity index (χ2v) is 8.45. The highest BCUT2D eigenvalue weighted by Crippen LogP contribution is 2.44. The Hall–Kier alpha value is -2.60. The lowest BCUT2D eigenvalue weighted by molar-refractivity contribution is -0.204. The molecule has 0 atom stereocenters. The maximum atomic E-state index is 13.4. The first-order chi connectivity index (χ1) is 15.5. The summed E-state index contributed by atoms with van der Waals surface area (Å²) in [7, 11) is 0. The van der Waals surface area contributed by atoms with Crippen molar-refractivity contribution in [3.8, 4) is 5.75 Å². The van der Waals surface area contributed by atoms with Gasteiger partial charge < -0.3 is 4.74 Å². The summed E-state index contributed by atoms with van der Waals surface area (Å²) in [6.45, 7) is 0.385. The lowest BCUT2D eigenvalue weighted by Gasteiger charge is -2.35. The van der Waals surface area contributed by atoms with Gasteiger partial charge in [-0.2, -0.15) is 13.2 Å². The minimum absolute atomic E-state index is 0.0589. The van der Waals surface area contributed by atoms with Gasteiger partial charge in [-0.3, -0.25) is 30.7 Å². The van der Waals surface area contributed by atoms with Gasteiger partial charge in [0.05, 0.1) is 10.9 Å². The number of nitrogens with zero attached hydrogens (tertiary/aromatic N) is 1. The summed E-state index contributed by atoms with van der Waals surface area (Å²) in [6.07, 6.45) is -4.07. The number of alkyl halides is 3. The summed E-state index contributed by atoms with van der Waals surface area (Å²) in [5.74, 6) is -4.69. The molecule has 0 spiro atoms. The zero-order chi connectivity index (χ0) is 24.2. The molecule has 3 N–H and O–H groups in total. The molecule has 3 rings (SSSR count). The first-order valence-corrected chi connectivity index (χ1v) is 10.7. The summed E-state index contributed by atoms with van der Waals surface area (Å²) >= 11 is 5.58. The average molecular weight is 495 g/mol. The Kier molecular flexibility index (Phi) is 8.01. The lowest BCUT2D eigenvalue weighted by Crippen LogP contribution is -2.53. The first-order valence-electron chi connectivity index (χ1n) is 10.3. The molecular formula is C20H23ClF4N4O4. The van der Waals surface area contributed by atoms with E-state index in [1.165, 1.54) is 12.1 Å². The fourth-order valence-electron chi connectivity index (χ4n) is 3.60. The Morgan fingerprint density at radius 1 is 1.06 bits per heavy atom. The molecule has 2 aliphatic rings. The van der Waals surface area contributed by atoms with E-state index in [1.54, 1.807) is 5.01 Å². The Morgan fingerprint density at radius 2 is 1.67 bits per heavy atom. The molecule has 13 heteroatoms. The summed E-state index contributed by atoms with van der Waals surface area (Å²) in [5, 5.41) is 1.55. The van der Waals surface area contributed by atoms with Gasteiger partial charge in [-0.25, -0.2) is 9.40 Å². The number of hydrogen-bond donors (Lipinski definition) is 3. The summed E-state index contributed by atoms with van der Waals surface area (Å²) in [4.78, 5) is 36.1. The van der Waals surface area contributed by atoms with E-state index < -0.39 is 47.5 Å². The van der Waals surface area contributed by atoms with Gasteiger partial charge in [-0.1, -0.05) is 11.6 Å². The number of piperidine rings is 1. The van der Waals surface area contributed by atoms with E-state index in [0.29, 0.717) is 25.9 Å². The molecule has 2 fully saturated rings. The van der Waals surface area contributed by atoms with Gasteiger partial charge in [0.15, 0.2) is 6.61 Å². The molecule has 33 heavy (non-hydrogen) atoms. The molecule has 1 aliphatic heterocycles. The van der Waals surface area contributed by atoms with Crippen molar-refractivity contribution in [1.29, 1.82) is 0 Å². The predicted octanol–water partition coefficient (Wildman–Crippen LogP) is 2.34. The van der Waals surface area contributed by atoms with E-state index in [4.69, 9.17) is 16.3 Å². The quantitative estimate of drug-likeness (QED) is 0.416. The zero-order valence-corrected chi connectivity index (χ0v) is 18.1. The van der Waals surface area contributed by atoms with Gasteiger partial charge in [0.2, 0.25) is 11.8 Å². The van der Waals surface area contributed by atoms with Gasteiger partial charge >= 0.3 is 6.18 Å². The summed E-state index contributed by atoms with van der Waals surface area (Å²) < 4.78 is 56.1. The van der Waals surface area contributed by atoms with E-state index >= 15 is 0 Å². The van der Waals surface area contributed by atoms with Crippen molar-refractivity contribution < 1.29 is 36.7 Å². The summed E-state index contributed by atoms with van der Waals surface area (Å²) in [5.41, 5.74) is 7.10. The van der Waals surface area contributed by atoms with Crippen molar-refractivity contribution in [2.45, 2.75) is 31.9 Å². The number of amides is 3. The van der Waals surface area contributed by atoms with Crippen LogP contribution in [0.2, 0.25) is 5.02 Å². The minimum Gasteiger partial charge on any atom is -0.484 e. The summed E-state index contributed by atoms with van der Waals surface area (Å²) in [6, 6.07) is 3.81. The molecule has 0 radical (unpaired) electrons. The van der Waals surface area contributed by atoms with E-state index in [-0.39, 0.29) is 30.2 Å². The van der Waals surface area contributed by atoms with Gasteiger partial charge in [0.25, 0.3) is 5.91 Å². The fraction of sp³-hybridized carbons (Fsp3) is 0.550. The van der Waals surface area contributed by atoms with Crippen LogP contribution < -0.4 is 21.0 Å². The topological polar surface area (TPSA) is 99.8 Å². The number of halogens is 5. The van der Waals surface area contributed by atoms with Crippen molar-refractivity contribution in [1.82, 2.24) is 21.3 Å². The van der Waals surface area contributed by atoms with Crippen LogP contribution in [0.4, 0.5) is 17.6 Å². The molecule has 0 aromatic heterocycles. The van der Waals surface area contributed by atoms with Crippen molar-refractivity contribution >= 4 is 29.3 Å². The Balaban J connectivity index is 1.31. The number of hydrogen-bond acceptors (Lipinski definition) is 5. The van der Waals surface area contributed by atoms with Gasteiger partial charge in [-0.15, -0.1) is 0 Å². The molecule has 1 saturated heterocycles. The first kappa shape index (κ1) is 25.0. The second kappa shape index (κ2) is 10.6. The molecule has 1 saturated carbocycles. The molecule has 1 aliphatic carbocycles. The maximum absolute atomic E-state index is 13.4. The third-order valence-electron chi connectivity index (χ3n) is 5.69. The highest BCUT2D eigenvalue weighted by molar-refractivity contribution is 6.30. The molecule has 182 valence electrons. The highest BCUT2D eigenvalue weighted by Gasteiger charge is 2.50. The molecule has 8 nitrogen and oxygen atoms in total. The molecule has 0 unspecified atom stereocenters. The Morgan fingerprint density at radius 3 is 2.24 bits per heavy atom. The number of nitrogens with one attached hydrogen (secondary N) is 3. The standard InChI is InChI=1S/C20H23ClF4N4O4/c21-15-2-1-14(9-16(15)22)33-10-17(30)28-29-5-3-11(4-6-29)18(31)26-27-19(32)12-7-13(8-12)20(23,24)25/h1-2,9,11-13H,3-8,10H2,(H,26,31)(H,27,32)(H,28,30). The maximum Gasteiger partial charge on any atom is 0.391 e. The van der Waals surface area contributed by atoms with Crippen molar-refractivity contribution in [2.24, 2.45) is 17.8 Å². The Bertz CT molecular complexity index is 887. The zero-order valence-electron chi connectivity index (χ0n) is 17.4.